The summed E-state index contributed by atoms with van der Waals surface area (Å²) < 4.78 is 44.8. The van der Waals surface area contributed by atoms with Gasteiger partial charge in [0.1, 0.15) is 6.29 Å². The molecule has 178 valence electrons. The molecule has 0 amide bonds. The van der Waals surface area contributed by atoms with Crippen LogP contribution < -0.4 is 4.90 Å². The molecule has 5 nitrogen and oxygen atoms in total. The number of halogens is 4. The average Bonchev–Trinajstić information content (AvgIpc) is 2.75. The molecule has 1 atom stereocenters. The molecule has 1 aliphatic rings. The standard InChI is InChI=1S/C24H26ClF3N2O3/c1-4-30(20-7-8-22(25)21(10-20)24(26,27)28)15(2)16-5-6-17(14-31)18(9-16)11-29-12-19(13-29)23(32)33-3/h5-10,14-15,19H,4,11-13H2,1-3H3. The smallest absolute Gasteiger partial charge is 0.417 e. The van der Waals surface area contributed by atoms with Crippen molar-refractivity contribution in [1.82, 2.24) is 4.90 Å². The van der Waals surface area contributed by atoms with Crippen LogP contribution in [0.4, 0.5) is 18.9 Å². The number of rotatable bonds is 8. The fourth-order valence-electron chi connectivity index (χ4n) is 4.16. The van der Waals surface area contributed by atoms with Crippen LogP contribution in [0, 0.1) is 5.92 Å². The van der Waals surface area contributed by atoms with Crippen LogP contribution in [0.15, 0.2) is 36.4 Å². The predicted molar refractivity (Wildman–Crippen MR) is 121 cm³/mol. The van der Waals surface area contributed by atoms with E-state index in [1.165, 1.54) is 13.2 Å². The summed E-state index contributed by atoms with van der Waals surface area (Å²) in [6, 6.07) is 9.09. The van der Waals surface area contributed by atoms with E-state index in [0.29, 0.717) is 37.4 Å². The highest BCUT2D eigenvalue weighted by molar-refractivity contribution is 6.31. The van der Waals surface area contributed by atoms with Gasteiger partial charge >= 0.3 is 12.1 Å². The molecule has 1 unspecified atom stereocenters. The topological polar surface area (TPSA) is 49.9 Å². The van der Waals surface area contributed by atoms with Gasteiger partial charge in [-0.05, 0) is 43.2 Å². The Labute approximate surface area is 196 Å². The summed E-state index contributed by atoms with van der Waals surface area (Å²) in [6.07, 6.45) is -3.76. The molecule has 1 aliphatic heterocycles. The zero-order valence-corrected chi connectivity index (χ0v) is 19.4. The fraction of sp³-hybridized carbons (Fsp3) is 0.417. The molecule has 2 aromatic rings. The fourth-order valence-corrected chi connectivity index (χ4v) is 4.39. The van der Waals surface area contributed by atoms with Crippen molar-refractivity contribution in [1.29, 1.82) is 0 Å². The van der Waals surface area contributed by atoms with Crippen LogP contribution in [0.2, 0.25) is 5.02 Å². The quantitative estimate of drug-likeness (QED) is 0.374. The zero-order chi connectivity index (χ0) is 24.3. The SMILES string of the molecule is CCN(c1ccc(Cl)c(C(F)(F)F)c1)C(C)c1ccc(C=O)c(CN2CC(C(=O)OC)C2)c1. The number of carbonyl (C=O) groups excluding carboxylic acids is 2. The van der Waals surface area contributed by atoms with E-state index < -0.39 is 11.7 Å². The zero-order valence-electron chi connectivity index (χ0n) is 18.7. The summed E-state index contributed by atoms with van der Waals surface area (Å²) in [7, 11) is 1.36. The molecule has 3 rings (SSSR count). The summed E-state index contributed by atoms with van der Waals surface area (Å²) in [5, 5.41) is -0.340. The molecule has 0 radical (unpaired) electrons. The Hall–Kier alpha value is -2.58. The summed E-state index contributed by atoms with van der Waals surface area (Å²) in [4.78, 5) is 27.1. The second-order valence-electron chi connectivity index (χ2n) is 8.11. The highest BCUT2D eigenvalue weighted by Crippen LogP contribution is 2.38. The average molecular weight is 483 g/mol. The summed E-state index contributed by atoms with van der Waals surface area (Å²) >= 11 is 5.78. The van der Waals surface area contributed by atoms with E-state index in [0.717, 1.165) is 23.5 Å². The van der Waals surface area contributed by atoms with E-state index in [9.17, 15) is 22.8 Å². The molecule has 9 heteroatoms. The second-order valence-corrected chi connectivity index (χ2v) is 8.52. The van der Waals surface area contributed by atoms with Crippen LogP contribution in [-0.4, -0.2) is 43.9 Å². The van der Waals surface area contributed by atoms with Crippen molar-refractivity contribution in [2.45, 2.75) is 32.6 Å². The normalized spacial score (nSPS) is 15.6. The molecule has 0 spiro atoms. The van der Waals surface area contributed by atoms with Crippen LogP contribution in [-0.2, 0) is 22.3 Å². The van der Waals surface area contributed by atoms with Gasteiger partial charge in [-0.3, -0.25) is 14.5 Å². The Morgan fingerprint density at radius 1 is 1.27 bits per heavy atom. The van der Waals surface area contributed by atoms with Crippen molar-refractivity contribution < 1.29 is 27.5 Å². The van der Waals surface area contributed by atoms with Gasteiger partial charge in [-0.1, -0.05) is 29.8 Å². The minimum absolute atomic E-state index is 0.167. The van der Waals surface area contributed by atoms with Gasteiger partial charge in [-0.25, -0.2) is 0 Å². The maximum Gasteiger partial charge on any atom is 0.417 e. The van der Waals surface area contributed by atoms with E-state index in [4.69, 9.17) is 16.3 Å². The molecule has 0 N–H and O–H groups in total. The molecule has 1 heterocycles. The largest absolute Gasteiger partial charge is 0.469 e. The third-order valence-electron chi connectivity index (χ3n) is 6.06. The first kappa shape index (κ1) is 25.1. The van der Waals surface area contributed by atoms with E-state index >= 15 is 0 Å². The van der Waals surface area contributed by atoms with Crippen molar-refractivity contribution >= 4 is 29.5 Å². The highest BCUT2D eigenvalue weighted by atomic mass is 35.5. The number of alkyl halides is 3. The van der Waals surface area contributed by atoms with Gasteiger partial charge in [0.25, 0.3) is 0 Å². The lowest BCUT2D eigenvalue weighted by Crippen LogP contribution is -2.50. The number of methoxy groups -OCH3 is 1. The third-order valence-corrected chi connectivity index (χ3v) is 6.39. The predicted octanol–water partition coefficient (Wildman–Crippen LogP) is 5.36. The first-order chi connectivity index (χ1) is 15.6. The minimum atomic E-state index is -4.55. The Bertz CT molecular complexity index is 1020. The molecular formula is C24H26ClF3N2O3. The molecule has 2 aromatic carbocycles. The molecule has 0 aromatic heterocycles. The number of likely N-dealkylation sites (tertiary alicyclic amines) is 1. The molecular weight excluding hydrogens is 457 g/mol. The Kier molecular flexibility index (Phi) is 7.69. The van der Waals surface area contributed by atoms with Gasteiger partial charge in [0.05, 0.1) is 29.7 Å². The lowest BCUT2D eigenvalue weighted by atomic mass is 9.95. The Balaban J connectivity index is 1.84. The second kappa shape index (κ2) is 10.1. The molecule has 0 saturated carbocycles. The van der Waals surface area contributed by atoms with Crippen LogP contribution in [0.1, 0.15) is 46.9 Å². The van der Waals surface area contributed by atoms with Gasteiger partial charge in [0, 0.05) is 37.4 Å². The number of aldehydes is 1. The van der Waals surface area contributed by atoms with Crippen molar-refractivity contribution in [2.24, 2.45) is 5.92 Å². The monoisotopic (exact) mass is 482 g/mol. The van der Waals surface area contributed by atoms with Crippen molar-refractivity contribution in [3.63, 3.8) is 0 Å². The van der Waals surface area contributed by atoms with Gasteiger partial charge in [0.2, 0.25) is 0 Å². The number of carbonyl (C=O) groups is 2. The number of hydrogen-bond donors (Lipinski definition) is 0. The molecule has 1 saturated heterocycles. The van der Waals surface area contributed by atoms with Gasteiger partial charge < -0.3 is 9.64 Å². The maximum atomic E-state index is 13.3. The van der Waals surface area contributed by atoms with Gasteiger partial charge in [0.15, 0.2) is 0 Å². The number of hydrogen-bond acceptors (Lipinski definition) is 5. The first-order valence-corrected chi connectivity index (χ1v) is 11.0. The van der Waals surface area contributed by atoms with Crippen molar-refractivity contribution in [3.05, 3.63) is 63.7 Å². The van der Waals surface area contributed by atoms with Gasteiger partial charge in [-0.15, -0.1) is 0 Å². The number of nitrogens with zero attached hydrogens (tertiary/aromatic N) is 2. The molecule has 1 fully saturated rings. The first-order valence-electron chi connectivity index (χ1n) is 10.6. The summed E-state index contributed by atoms with van der Waals surface area (Å²) in [5.74, 6) is -0.413. The van der Waals surface area contributed by atoms with E-state index in [2.05, 4.69) is 0 Å². The lowest BCUT2D eigenvalue weighted by Gasteiger charge is -2.37. The Morgan fingerprint density at radius 3 is 2.55 bits per heavy atom. The molecule has 0 bridgehead atoms. The number of anilines is 1. The van der Waals surface area contributed by atoms with E-state index in [1.54, 1.807) is 12.1 Å². The summed E-state index contributed by atoms with van der Waals surface area (Å²) in [5.41, 5.74) is 1.75. The van der Waals surface area contributed by atoms with Crippen LogP contribution in [0.3, 0.4) is 0 Å². The number of esters is 1. The number of ether oxygens (including phenoxy) is 1. The summed E-state index contributed by atoms with van der Waals surface area (Å²) in [6.45, 7) is 5.84. The van der Waals surface area contributed by atoms with E-state index in [-0.39, 0.29) is 23.0 Å². The van der Waals surface area contributed by atoms with Crippen LogP contribution in [0.25, 0.3) is 0 Å². The van der Waals surface area contributed by atoms with Crippen LogP contribution >= 0.6 is 11.6 Å². The Morgan fingerprint density at radius 2 is 1.97 bits per heavy atom. The van der Waals surface area contributed by atoms with Crippen molar-refractivity contribution in [2.75, 3.05) is 31.6 Å². The van der Waals surface area contributed by atoms with Crippen molar-refractivity contribution in [3.8, 4) is 0 Å². The van der Waals surface area contributed by atoms with Crippen LogP contribution in [0.5, 0.6) is 0 Å². The lowest BCUT2D eigenvalue weighted by molar-refractivity contribution is -0.151. The van der Waals surface area contributed by atoms with Gasteiger partial charge in [-0.2, -0.15) is 13.2 Å². The van der Waals surface area contributed by atoms with E-state index in [1.807, 2.05) is 35.8 Å². The third kappa shape index (κ3) is 5.50. The molecule has 33 heavy (non-hydrogen) atoms. The minimum Gasteiger partial charge on any atom is -0.469 e. The maximum absolute atomic E-state index is 13.3. The number of benzene rings is 2. The molecule has 0 aliphatic carbocycles. The highest BCUT2D eigenvalue weighted by Gasteiger charge is 2.35.